The Morgan fingerprint density at radius 3 is 0.815 bits per heavy atom. The van der Waals surface area contributed by atoms with E-state index < -0.39 is 0 Å². The summed E-state index contributed by atoms with van der Waals surface area (Å²) in [5.41, 5.74) is 2.45. The van der Waals surface area contributed by atoms with Gasteiger partial charge in [0.2, 0.25) is 0 Å². The van der Waals surface area contributed by atoms with Crippen LogP contribution in [0.15, 0.2) is 60.7 Å². The summed E-state index contributed by atoms with van der Waals surface area (Å²) in [5.74, 6) is 1.45. The van der Waals surface area contributed by atoms with Crippen molar-refractivity contribution < 1.29 is 26.2 Å². The molecule has 0 amide bonds. The zero-order valence-corrected chi connectivity index (χ0v) is 20.7. The van der Waals surface area contributed by atoms with Crippen LogP contribution in [0.5, 0.6) is 0 Å². The van der Waals surface area contributed by atoms with E-state index in [0.29, 0.717) is 0 Å². The van der Waals surface area contributed by atoms with Crippen LogP contribution in [-0.4, -0.2) is 0 Å². The second-order valence-corrected chi connectivity index (χ2v) is 7.37. The number of hydrogen-bond donors (Lipinski definition) is 0. The summed E-state index contributed by atoms with van der Waals surface area (Å²) < 4.78 is 0. The zero-order valence-electron chi connectivity index (χ0n) is 16.6. The standard InChI is InChI=1S/2C7H8S.2C5H10.Zr/c2*8-6-7-4-2-1-3-5-7;2*1-2-4-5-3-1;/h2*1-5,8H,6H2;2*1-5H2;/q;;;;+4/p-2. The summed E-state index contributed by atoms with van der Waals surface area (Å²) in [6, 6.07) is 20.1. The van der Waals surface area contributed by atoms with Crippen molar-refractivity contribution in [1.82, 2.24) is 0 Å². The molecule has 144 valence electrons. The van der Waals surface area contributed by atoms with E-state index in [2.05, 4.69) is 0 Å². The van der Waals surface area contributed by atoms with Gasteiger partial charge in [-0.2, -0.15) is 11.5 Å². The smallest absolute Gasteiger partial charge is 0.788 e. The molecule has 2 aliphatic rings. The Bertz CT molecular complexity index is 444. The monoisotopic (exact) mass is 476 g/mol. The van der Waals surface area contributed by atoms with E-state index in [1.54, 1.807) is 0 Å². The van der Waals surface area contributed by atoms with Gasteiger partial charge in [-0.1, -0.05) is 136 Å². The van der Waals surface area contributed by atoms with Gasteiger partial charge in [0.25, 0.3) is 0 Å². The molecule has 4 rings (SSSR count). The normalized spacial score (nSPS) is 14.3. The fraction of sp³-hybridized carbons (Fsp3) is 0.500. The minimum absolute atomic E-state index is 0. The van der Waals surface area contributed by atoms with Crippen molar-refractivity contribution in [2.45, 2.75) is 75.7 Å². The molecule has 3 heteroatoms. The van der Waals surface area contributed by atoms with Gasteiger partial charge in [-0.25, -0.2) is 0 Å². The Balaban J connectivity index is 0.000000337. The molecule has 0 atom stereocenters. The van der Waals surface area contributed by atoms with Crippen LogP contribution >= 0.6 is 0 Å². The van der Waals surface area contributed by atoms with Crippen LogP contribution in [0.25, 0.3) is 0 Å². The van der Waals surface area contributed by atoms with Gasteiger partial charge < -0.3 is 25.3 Å². The van der Waals surface area contributed by atoms with Gasteiger partial charge in [-0.05, 0) is 0 Å². The molecule has 0 spiro atoms. The van der Waals surface area contributed by atoms with Crippen LogP contribution in [0.1, 0.15) is 75.3 Å². The van der Waals surface area contributed by atoms with E-state index in [1.165, 1.54) is 75.3 Å². The third-order valence-electron chi connectivity index (χ3n) is 4.52. The molecule has 27 heavy (non-hydrogen) atoms. The molecule has 0 N–H and O–H groups in total. The molecule has 0 radical (unpaired) electrons. The summed E-state index contributed by atoms with van der Waals surface area (Å²) in [7, 11) is 0. The molecule has 2 fully saturated rings. The second kappa shape index (κ2) is 20.7. The summed E-state index contributed by atoms with van der Waals surface area (Å²) in [6.45, 7) is 0. The average molecular weight is 478 g/mol. The van der Waals surface area contributed by atoms with Crippen molar-refractivity contribution >= 4 is 25.3 Å². The van der Waals surface area contributed by atoms with E-state index in [1.807, 2.05) is 60.7 Å². The van der Waals surface area contributed by atoms with Gasteiger partial charge in [0.05, 0.1) is 0 Å². The molecule has 0 aromatic heterocycles. The van der Waals surface area contributed by atoms with Crippen LogP contribution in [0, 0.1) is 0 Å². The predicted octanol–water partition coefficient (Wildman–Crippen LogP) is 7.37. The molecule has 0 unspecified atom stereocenters. The number of hydrogen-bond acceptors (Lipinski definition) is 2. The van der Waals surface area contributed by atoms with Gasteiger partial charge in [0.1, 0.15) is 0 Å². The van der Waals surface area contributed by atoms with Crippen LogP contribution < -0.4 is 0 Å². The zero-order chi connectivity index (χ0) is 18.7. The van der Waals surface area contributed by atoms with E-state index >= 15 is 0 Å². The first-order chi connectivity index (χ1) is 12.9. The first kappa shape index (κ1) is 27.0. The minimum atomic E-state index is 0. The Morgan fingerprint density at radius 1 is 0.444 bits per heavy atom. The van der Waals surface area contributed by atoms with E-state index in [4.69, 9.17) is 25.3 Å². The van der Waals surface area contributed by atoms with Gasteiger partial charge in [-0.15, -0.1) is 0 Å². The fourth-order valence-corrected chi connectivity index (χ4v) is 3.30. The maximum atomic E-state index is 4.82. The summed E-state index contributed by atoms with van der Waals surface area (Å²) >= 11 is 9.64. The SMILES string of the molecule is C1CCCC1.C1CCCC1.[S-]Cc1ccccc1.[S-]Cc1ccccc1.[Zr+4]. The first-order valence-corrected chi connectivity index (χ1v) is 11.3. The molecule has 0 aliphatic heterocycles. The van der Waals surface area contributed by atoms with Crippen LogP contribution in [0.3, 0.4) is 0 Å². The van der Waals surface area contributed by atoms with Gasteiger partial charge >= 0.3 is 26.2 Å². The molecule has 2 aromatic carbocycles. The maximum Gasteiger partial charge on any atom is 4.00 e. The van der Waals surface area contributed by atoms with Crippen molar-refractivity contribution in [3.8, 4) is 0 Å². The largest absolute Gasteiger partial charge is 4.00 e. The Kier molecular flexibility index (Phi) is 20.8. The van der Waals surface area contributed by atoms with Gasteiger partial charge in [0.15, 0.2) is 0 Å². The first-order valence-electron chi connectivity index (χ1n) is 10.1. The van der Waals surface area contributed by atoms with Crippen molar-refractivity contribution in [3.63, 3.8) is 0 Å². The van der Waals surface area contributed by atoms with Crippen LogP contribution in [0.2, 0.25) is 0 Å². The molecule has 0 bridgehead atoms. The number of benzene rings is 2. The van der Waals surface area contributed by atoms with Crippen LogP contribution in [-0.2, 0) is 63.0 Å². The van der Waals surface area contributed by atoms with Crippen LogP contribution in [0.4, 0.5) is 0 Å². The summed E-state index contributed by atoms with van der Waals surface area (Å²) in [4.78, 5) is 0. The van der Waals surface area contributed by atoms with Crippen molar-refractivity contribution in [2.24, 2.45) is 0 Å². The molecule has 0 saturated heterocycles. The molecule has 2 aromatic rings. The van der Waals surface area contributed by atoms with Crippen molar-refractivity contribution in [3.05, 3.63) is 71.8 Å². The summed E-state index contributed by atoms with van der Waals surface area (Å²) in [5, 5.41) is 0. The van der Waals surface area contributed by atoms with Gasteiger partial charge in [-0.3, -0.25) is 0 Å². The predicted molar refractivity (Wildman–Crippen MR) is 121 cm³/mol. The third kappa shape index (κ3) is 16.7. The molecule has 2 saturated carbocycles. The van der Waals surface area contributed by atoms with E-state index in [0.717, 1.165) is 11.5 Å². The second-order valence-electron chi connectivity index (χ2n) is 6.80. The topological polar surface area (TPSA) is 0 Å². The molecule has 2 aliphatic carbocycles. The average Bonchev–Trinajstić information content (AvgIpc) is 3.48. The fourth-order valence-electron chi connectivity index (χ4n) is 2.92. The van der Waals surface area contributed by atoms with Crippen molar-refractivity contribution in [2.75, 3.05) is 0 Å². The molecular weight excluding hydrogens is 444 g/mol. The summed E-state index contributed by atoms with van der Waals surface area (Å²) in [6.07, 6.45) is 15.0. The Hall–Kier alpha value is 0.0231. The quantitative estimate of drug-likeness (QED) is 0.414. The third-order valence-corrected chi connectivity index (χ3v) is 5.19. The Morgan fingerprint density at radius 2 is 0.667 bits per heavy atom. The van der Waals surface area contributed by atoms with Gasteiger partial charge in [0, 0.05) is 0 Å². The molecule has 0 nitrogen and oxygen atoms in total. The molecular formula is C24H34S2Zr+2. The van der Waals surface area contributed by atoms with E-state index in [-0.39, 0.29) is 26.2 Å². The van der Waals surface area contributed by atoms with E-state index in [9.17, 15) is 0 Å². The maximum absolute atomic E-state index is 4.82. The number of rotatable bonds is 2. The minimum Gasteiger partial charge on any atom is -0.788 e. The van der Waals surface area contributed by atoms with Crippen molar-refractivity contribution in [1.29, 1.82) is 0 Å². The molecule has 0 heterocycles. The Labute approximate surface area is 197 Å².